The number of halogens is 1. The maximum absolute atomic E-state index is 12.5. The molecule has 2 atom stereocenters. The van der Waals surface area contributed by atoms with Crippen LogP contribution in [0.25, 0.3) is 0 Å². The van der Waals surface area contributed by atoms with E-state index in [2.05, 4.69) is 13.8 Å². The van der Waals surface area contributed by atoms with E-state index in [1.165, 1.54) is 19.3 Å². The molecule has 2 rings (SSSR count). The van der Waals surface area contributed by atoms with Gasteiger partial charge < -0.3 is 0 Å². The molecule has 0 N–H and O–H groups in total. The van der Waals surface area contributed by atoms with Gasteiger partial charge in [0.15, 0.2) is 0 Å². The van der Waals surface area contributed by atoms with Crippen molar-refractivity contribution in [2.45, 2.75) is 33.1 Å². The molecule has 0 unspecified atom stereocenters. The minimum atomic E-state index is 0.164. The van der Waals surface area contributed by atoms with Crippen LogP contribution in [0.4, 0.5) is 4.39 Å². The SMILES string of the molecule is CC1(C)/C(=C\F)[C@@H]2CC[C@@H]1C2. The first-order valence-corrected chi connectivity index (χ1v) is 4.47. The summed E-state index contributed by atoms with van der Waals surface area (Å²) in [5.41, 5.74) is 1.24. The minimum absolute atomic E-state index is 0.164. The Hall–Kier alpha value is -0.330. The Morgan fingerprint density at radius 3 is 2.55 bits per heavy atom. The number of rotatable bonds is 0. The highest BCUT2D eigenvalue weighted by atomic mass is 19.1. The molecule has 0 heterocycles. The monoisotopic (exact) mass is 154 g/mol. The van der Waals surface area contributed by atoms with Gasteiger partial charge in [0, 0.05) is 0 Å². The standard InChI is InChI=1S/C10H15F/c1-10(2)8-4-3-7(5-8)9(10)6-11/h6-8H,3-5H2,1-2H3/b9-6-/t7-,8-/m1/s1. The summed E-state index contributed by atoms with van der Waals surface area (Å²) in [5, 5.41) is 0. The van der Waals surface area contributed by atoms with Gasteiger partial charge in [-0.2, -0.15) is 0 Å². The van der Waals surface area contributed by atoms with Gasteiger partial charge in [-0.25, -0.2) is 4.39 Å². The van der Waals surface area contributed by atoms with E-state index in [0.29, 0.717) is 5.92 Å². The lowest BCUT2D eigenvalue weighted by molar-refractivity contribution is 0.284. The Bertz CT molecular complexity index is 203. The Morgan fingerprint density at radius 2 is 2.18 bits per heavy atom. The second kappa shape index (κ2) is 2.09. The molecule has 1 heteroatoms. The van der Waals surface area contributed by atoms with E-state index < -0.39 is 0 Å². The van der Waals surface area contributed by atoms with Crippen LogP contribution >= 0.6 is 0 Å². The van der Waals surface area contributed by atoms with Crippen molar-refractivity contribution in [1.29, 1.82) is 0 Å². The molecular formula is C10H15F. The van der Waals surface area contributed by atoms with Gasteiger partial charge in [-0.1, -0.05) is 13.8 Å². The summed E-state index contributed by atoms with van der Waals surface area (Å²) >= 11 is 0. The molecule has 2 saturated carbocycles. The second-order valence-corrected chi connectivity index (χ2v) is 4.49. The third-order valence-corrected chi connectivity index (χ3v) is 3.75. The number of hydrogen-bond acceptors (Lipinski definition) is 0. The summed E-state index contributed by atoms with van der Waals surface area (Å²) in [6, 6.07) is 0. The van der Waals surface area contributed by atoms with Crippen LogP contribution in [-0.2, 0) is 0 Å². The normalized spacial score (nSPS) is 43.7. The van der Waals surface area contributed by atoms with Gasteiger partial charge >= 0.3 is 0 Å². The molecule has 0 spiro atoms. The van der Waals surface area contributed by atoms with Crippen LogP contribution in [-0.4, -0.2) is 0 Å². The van der Waals surface area contributed by atoms with Gasteiger partial charge in [0.25, 0.3) is 0 Å². The van der Waals surface area contributed by atoms with Crippen molar-refractivity contribution >= 4 is 0 Å². The molecule has 0 aliphatic heterocycles. The Morgan fingerprint density at radius 1 is 1.45 bits per heavy atom. The molecule has 0 aromatic heterocycles. The highest BCUT2D eigenvalue weighted by Gasteiger charge is 2.48. The van der Waals surface area contributed by atoms with Crippen molar-refractivity contribution < 1.29 is 4.39 Å². The number of allylic oxidation sites excluding steroid dienone is 1. The van der Waals surface area contributed by atoms with E-state index in [0.717, 1.165) is 17.8 Å². The zero-order chi connectivity index (χ0) is 8.06. The molecule has 0 aromatic carbocycles. The first-order valence-electron chi connectivity index (χ1n) is 4.47. The number of hydrogen-bond donors (Lipinski definition) is 0. The highest BCUT2D eigenvalue weighted by molar-refractivity contribution is 5.24. The van der Waals surface area contributed by atoms with Crippen molar-refractivity contribution in [3.63, 3.8) is 0 Å². The Balaban J connectivity index is 2.36. The lowest BCUT2D eigenvalue weighted by Gasteiger charge is -2.31. The maximum Gasteiger partial charge on any atom is 0.0867 e. The summed E-state index contributed by atoms with van der Waals surface area (Å²) in [4.78, 5) is 0. The van der Waals surface area contributed by atoms with Crippen LogP contribution < -0.4 is 0 Å². The van der Waals surface area contributed by atoms with Gasteiger partial charge in [0.05, 0.1) is 6.33 Å². The number of fused-ring (bicyclic) bond motifs is 2. The summed E-state index contributed by atoms with van der Waals surface area (Å²) in [6.07, 6.45) is 4.64. The maximum atomic E-state index is 12.5. The van der Waals surface area contributed by atoms with E-state index >= 15 is 0 Å². The third-order valence-electron chi connectivity index (χ3n) is 3.75. The van der Waals surface area contributed by atoms with E-state index in [-0.39, 0.29) is 5.41 Å². The third kappa shape index (κ3) is 0.800. The van der Waals surface area contributed by atoms with Crippen molar-refractivity contribution in [1.82, 2.24) is 0 Å². The van der Waals surface area contributed by atoms with Gasteiger partial charge in [-0.05, 0) is 42.1 Å². The second-order valence-electron chi connectivity index (χ2n) is 4.49. The molecule has 2 aliphatic carbocycles. The molecular weight excluding hydrogens is 139 g/mol. The molecule has 0 amide bonds. The van der Waals surface area contributed by atoms with E-state index in [9.17, 15) is 4.39 Å². The van der Waals surface area contributed by atoms with Gasteiger partial charge in [-0.3, -0.25) is 0 Å². The average Bonchev–Trinajstić information content (AvgIpc) is 2.44. The minimum Gasteiger partial charge on any atom is -0.216 e. The summed E-state index contributed by atoms with van der Waals surface area (Å²) in [5.74, 6) is 1.34. The van der Waals surface area contributed by atoms with Crippen LogP contribution in [0.3, 0.4) is 0 Å². The predicted molar refractivity (Wildman–Crippen MR) is 43.8 cm³/mol. The van der Waals surface area contributed by atoms with E-state index in [1.807, 2.05) is 0 Å². The van der Waals surface area contributed by atoms with E-state index in [1.54, 1.807) is 0 Å². The summed E-state index contributed by atoms with van der Waals surface area (Å²) < 4.78 is 12.5. The fraction of sp³-hybridized carbons (Fsp3) is 0.800. The van der Waals surface area contributed by atoms with Crippen LogP contribution in [0, 0.1) is 17.3 Å². The first kappa shape index (κ1) is 7.33. The van der Waals surface area contributed by atoms with Crippen LogP contribution in [0.2, 0.25) is 0 Å². The van der Waals surface area contributed by atoms with Crippen LogP contribution in [0.15, 0.2) is 11.9 Å². The lowest BCUT2D eigenvalue weighted by atomic mass is 9.73. The van der Waals surface area contributed by atoms with Crippen LogP contribution in [0.1, 0.15) is 33.1 Å². The molecule has 0 aromatic rings. The fourth-order valence-corrected chi connectivity index (χ4v) is 2.91. The van der Waals surface area contributed by atoms with Gasteiger partial charge in [-0.15, -0.1) is 0 Å². The predicted octanol–water partition coefficient (Wildman–Crippen LogP) is 3.30. The van der Waals surface area contributed by atoms with E-state index in [4.69, 9.17) is 0 Å². The lowest BCUT2D eigenvalue weighted by Crippen LogP contribution is -2.22. The molecule has 2 bridgehead atoms. The first-order chi connectivity index (χ1) is 5.16. The average molecular weight is 154 g/mol. The molecule has 0 radical (unpaired) electrons. The highest BCUT2D eigenvalue weighted by Crippen LogP contribution is 2.58. The summed E-state index contributed by atoms with van der Waals surface area (Å²) in [6.45, 7) is 4.37. The molecule has 2 aliphatic rings. The van der Waals surface area contributed by atoms with Crippen LogP contribution in [0.5, 0.6) is 0 Å². The van der Waals surface area contributed by atoms with Gasteiger partial charge in [0.2, 0.25) is 0 Å². The van der Waals surface area contributed by atoms with Crippen molar-refractivity contribution in [2.75, 3.05) is 0 Å². The zero-order valence-corrected chi connectivity index (χ0v) is 7.23. The van der Waals surface area contributed by atoms with Crippen molar-refractivity contribution in [2.24, 2.45) is 17.3 Å². The fourth-order valence-electron chi connectivity index (χ4n) is 2.91. The quantitative estimate of drug-likeness (QED) is 0.502. The largest absolute Gasteiger partial charge is 0.216 e. The molecule has 62 valence electrons. The van der Waals surface area contributed by atoms with Gasteiger partial charge in [0.1, 0.15) is 0 Å². The molecule has 2 fully saturated rings. The summed E-state index contributed by atoms with van der Waals surface area (Å²) in [7, 11) is 0. The Kier molecular flexibility index (Phi) is 1.39. The topological polar surface area (TPSA) is 0 Å². The zero-order valence-electron chi connectivity index (χ0n) is 7.23. The molecule has 11 heavy (non-hydrogen) atoms. The Labute approximate surface area is 67.5 Å². The van der Waals surface area contributed by atoms with Crippen molar-refractivity contribution in [3.05, 3.63) is 11.9 Å². The smallest absolute Gasteiger partial charge is 0.0867 e. The van der Waals surface area contributed by atoms with Crippen molar-refractivity contribution in [3.8, 4) is 0 Å². The molecule has 0 nitrogen and oxygen atoms in total. The molecule has 0 saturated heterocycles.